The minimum absolute atomic E-state index is 0.00270. The predicted octanol–water partition coefficient (Wildman–Crippen LogP) is 4.79. The van der Waals surface area contributed by atoms with Crippen LogP contribution in [-0.4, -0.2) is 35.5 Å². The Labute approximate surface area is 195 Å². The van der Waals surface area contributed by atoms with E-state index < -0.39 is 17.7 Å². The van der Waals surface area contributed by atoms with Crippen LogP contribution in [0.3, 0.4) is 0 Å². The van der Waals surface area contributed by atoms with Gasteiger partial charge in [-0.05, 0) is 62.7 Å². The fourth-order valence-corrected chi connectivity index (χ4v) is 4.68. The van der Waals surface area contributed by atoms with Crippen molar-refractivity contribution < 1.29 is 24.2 Å². The highest BCUT2D eigenvalue weighted by atomic mass is 32.1. The number of rotatable bonds is 6. The lowest BCUT2D eigenvalue weighted by atomic mass is 9.95. The highest BCUT2D eigenvalue weighted by molar-refractivity contribution is 7.16. The van der Waals surface area contributed by atoms with Crippen molar-refractivity contribution >= 4 is 33.9 Å². The summed E-state index contributed by atoms with van der Waals surface area (Å²) in [6.45, 7) is 6.16. The van der Waals surface area contributed by atoms with Crippen LogP contribution in [0.15, 0.2) is 54.1 Å². The molecule has 0 unspecified atom stereocenters. The van der Waals surface area contributed by atoms with E-state index in [4.69, 9.17) is 9.47 Å². The molecule has 1 amide bonds. The van der Waals surface area contributed by atoms with Crippen molar-refractivity contribution in [2.75, 3.05) is 18.6 Å². The van der Waals surface area contributed by atoms with Gasteiger partial charge in [-0.2, -0.15) is 0 Å². The molecule has 1 atom stereocenters. The van der Waals surface area contributed by atoms with Crippen molar-refractivity contribution in [1.82, 2.24) is 4.98 Å². The Morgan fingerprint density at radius 1 is 1.12 bits per heavy atom. The van der Waals surface area contributed by atoms with Crippen LogP contribution in [0.4, 0.5) is 5.13 Å². The van der Waals surface area contributed by atoms with E-state index in [9.17, 15) is 14.7 Å². The second-order valence-corrected chi connectivity index (χ2v) is 8.72. The van der Waals surface area contributed by atoms with Gasteiger partial charge >= 0.3 is 5.91 Å². The first-order chi connectivity index (χ1) is 15.8. The van der Waals surface area contributed by atoms with Gasteiger partial charge in [0.1, 0.15) is 17.3 Å². The summed E-state index contributed by atoms with van der Waals surface area (Å²) in [5.41, 5.74) is 1.83. The fraction of sp³-hybridized carbons (Fsp3) is 0.240. The SMILES string of the molecule is CCOc1ccc(/C(O)=C2\C(=O)C(=O)N(c3nc(C)c(C)s3)[C@@H]2c2cccc(OC)c2)cc1. The van der Waals surface area contributed by atoms with Crippen LogP contribution < -0.4 is 14.4 Å². The molecule has 1 aliphatic rings. The lowest BCUT2D eigenvalue weighted by Gasteiger charge is -2.23. The Balaban J connectivity index is 1.90. The van der Waals surface area contributed by atoms with Crippen LogP contribution in [-0.2, 0) is 9.59 Å². The van der Waals surface area contributed by atoms with Gasteiger partial charge in [0.05, 0.1) is 31.0 Å². The topological polar surface area (TPSA) is 89.0 Å². The molecule has 0 spiro atoms. The third kappa shape index (κ3) is 4.09. The molecule has 1 N–H and O–H groups in total. The Bertz CT molecular complexity index is 1230. The predicted molar refractivity (Wildman–Crippen MR) is 127 cm³/mol. The first kappa shape index (κ1) is 22.5. The molecule has 2 heterocycles. The number of ketones is 1. The number of aryl methyl sites for hydroxylation is 2. The molecular weight excluding hydrogens is 440 g/mol. The van der Waals surface area contributed by atoms with Gasteiger partial charge in [-0.25, -0.2) is 4.98 Å². The molecule has 8 heteroatoms. The molecule has 2 aromatic carbocycles. The van der Waals surface area contributed by atoms with E-state index in [0.717, 1.165) is 10.6 Å². The Hall–Kier alpha value is -3.65. The lowest BCUT2D eigenvalue weighted by molar-refractivity contribution is -0.132. The van der Waals surface area contributed by atoms with Gasteiger partial charge in [0.25, 0.3) is 5.78 Å². The number of carbonyl (C=O) groups is 2. The number of methoxy groups -OCH3 is 1. The molecule has 1 saturated heterocycles. The van der Waals surface area contributed by atoms with Crippen LogP contribution in [0.25, 0.3) is 5.76 Å². The van der Waals surface area contributed by atoms with Crippen molar-refractivity contribution in [1.29, 1.82) is 0 Å². The van der Waals surface area contributed by atoms with E-state index in [-0.39, 0.29) is 11.3 Å². The Morgan fingerprint density at radius 3 is 2.45 bits per heavy atom. The third-order valence-electron chi connectivity index (χ3n) is 5.52. The van der Waals surface area contributed by atoms with Crippen molar-refractivity contribution in [2.45, 2.75) is 26.8 Å². The van der Waals surface area contributed by atoms with Crippen LogP contribution in [0.5, 0.6) is 11.5 Å². The summed E-state index contributed by atoms with van der Waals surface area (Å²) in [5, 5.41) is 11.6. The second kappa shape index (κ2) is 9.07. The number of amides is 1. The molecule has 170 valence electrons. The molecular formula is C25H24N2O5S. The van der Waals surface area contributed by atoms with E-state index in [1.54, 1.807) is 55.6 Å². The third-order valence-corrected chi connectivity index (χ3v) is 6.59. The standard InChI is InChI=1S/C25H24N2O5S/c1-5-32-18-11-9-16(10-12-18)22(28)20-21(17-7-6-8-19(13-17)31-4)27(24(30)23(20)29)25-26-14(2)15(3)33-25/h6-13,21,28H,5H2,1-4H3/b22-20+/t21-/m1/s1. The monoisotopic (exact) mass is 464 g/mol. The molecule has 7 nitrogen and oxygen atoms in total. The first-order valence-corrected chi connectivity index (χ1v) is 11.3. The van der Waals surface area contributed by atoms with Gasteiger partial charge in [0.2, 0.25) is 0 Å². The van der Waals surface area contributed by atoms with E-state index >= 15 is 0 Å². The molecule has 1 aromatic heterocycles. The number of aliphatic hydroxyl groups is 1. The van der Waals surface area contributed by atoms with E-state index in [1.807, 2.05) is 20.8 Å². The Morgan fingerprint density at radius 2 is 1.85 bits per heavy atom. The number of hydrogen-bond donors (Lipinski definition) is 1. The van der Waals surface area contributed by atoms with Gasteiger partial charge < -0.3 is 14.6 Å². The maximum atomic E-state index is 13.2. The van der Waals surface area contributed by atoms with Gasteiger partial charge in [-0.1, -0.05) is 12.1 Å². The van der Waals surface area contributed by atoms with Crippen LogP contribution in [0.1, 0.15) is 34.7 Å². The molecule has 33 heavy (non-hydrogen) atoms. The number of Topliss-reactive ketones (excluding diaryl/α,β-unsaturated/α-hetero) is 1. The van der Waals surface area contributed by atoms with Gasteiger partial charge in [0.15, 0.2) is 5.13 Å². The number of thiazole rings is 1. The van der Waals surface area contributed by atoms with Gasteiger partial charge in [0, 0.05) is 10.4 Å². The fourth-order valence-electron chi connectivity index (χ4n) is 3.75. The molecule has 1 aliphatic heterocycles. The molecule has 0 saturated carbocycles. The largest absolute Gasteiger partial charge is 0.507 e. The number of hydrogen-bond acceptors (Lipinski definition) is 7. The molecule has 4 rings (SSSR count). The molecule has 0 bridgehead atoms. The van der Waals surface area contributed by atoms with Crippen molar-refractivity contribution in [2.24, 2.45) is 0 Å². The summed E-state index contributed by atoms with van der Waals surface area (Å²) in [5.74, 6) is -0.529. The summed E-state index contributed by atoms with van der Waals surface area (Å²) in [6.07, 6.45) is 0. The van der Waals surface area contributed by atoms with Crippen molar-refractivity contribution in [3.8, 4) is 11.5 Å². The van der Waals surface area contributed by atoms with Crippen LogP contribution in [0.2, 0.25) is 0 Å². The minimum atomic E-state index is -0.850. The molecule has 1 fully saturated rings. The molecule has 3 aromatic rings. The summed E-state index contributed by atoms with van der Waals surface area (Å²) < 4.78 is 10.8. The van der Waals surface area contributed by atoms with E-state index in [1.165, 1.54) is 16.2 Å². The quantitative estimate of drug-likeness (QED) is 0.320. The van der Waals surface area contributed by atoms with E-state index in [2.05, 4.69) is 4.98 Å². The molecule has 0 aliphatic carbocycles. The van der Waals surface area contributed by atoms with E-state index in [0.29, 0.717) is 34.4 Å². The zero-order valence-corrected chi connectivity index (χ0v) is 19.6. The van der Waals surface area contributed by atoms with Crippen molar-refractivity contribution in [3.63, 3.8) is 0 Å². The number of benzene rings is 2. The number of ether oxygens (including phenoxy) is 2. The highest BCUT2D eigenvalue weighted by Gasteiger charge is 2.48. The number of nitrogens with zero attached hydrogens (tertiary/aromatic N) is 2. The number of aliphatic hydroxyl groups excluding tert-OH is 1. The van der Waals surface area contributed by atoms with Crippen LogP contribution >= 0.6 is 11.3 Å². The highest BCUT2D eigenvalue weighted by Crippen LogP contribution is 2.44. The van der Waals surface area contributed by atoms with Crippen molar-refractivity contribution in [3.05, 3.63) is 75.8 Å². The zero-order valence-electron chi connectivity index (χ0n) is 18.8. The zero-order chi connectivity index (χ0) is 23.7. The summed E-state index contributed by atoms with van der Waals surface area (Å²) in [4.78, 5) is 33.2. The maximum absolute atomic E-state index is 13.2. The minimum Gasteiger partial charge on any atom is -0.507 e. The average molecular weight is 465 g/mol. The Kier molecular flexibility index (Phi) is 6.20. The van der Waals surface area contributed by atoms with Crippen LogP contribution in [0, 0.1) is 13.8 Å². The lowest BCUT2D eigenvalue weighted by Crippen LogP contribution is -2.29. The number of anilines is 1. The first-order valence-electron chi connectivity index (χ1n) is 10.5. The number of aromatic nitrogens is 1. The maximum Gasteiger partial charge on any atom is 0.301 e. The normalized spacial score (nSPS) is 17.5. The average Bonchev–Trinajstić information content (AvgIpc) is 3.29. The molecule has 0 radical (unpaired) electrons. The smallest absolute Gasteiger partial charge is 0.301 e. The van der Waals surface area contributed by atoms with Gasteiger partial charge in [-0.3, -0.25) is 14.5 Å². The summed E-state index contributed by atoms with van der Waals surface area (Å²) in [7, 11) is 1.55. The second-order valence-electron chi connectivity index (χ2n) is 7.54. The summed E-state index contributed by atoms with van der Waals surface area (Å²) >= 11 is 1.33. The van der Waals surface area contributed by atoms with Gasteiger partial charge in [-0.15, -0.1) is 11.3 Å². The summed E-state index contributed by atoms with van der Waals surface area (Å²) in [6, 6.07) is 13.0. The number of carbonyl (C=O) groups excluding carboxylic acids is 2.